The van der Waals surface area contributed by atoms with Gasteiger partial charge in [-0.2, -0.15) is 0 Å². The molecule has 1 aliphatic carbocycles. The van der Waals surface area contributed by atoms with Crippen molar-refractivity contribution in [2.24, 2.45) is 5.73 Å². The lowest BCUT2D eigenvalue weighted by Crippen LogP contribution is -2.10. The minimum Gasteiger partial charge on any atom is -0.508 e. The van der Waals surface area contributed by atoms with Crippen molar-refractivity contribution >= 4 is 0 Å². The number of phenolic OH excluding ortho intramolecular Hbond substituents is 1. The first-order valence-corrected chi connectivity index (χ1v) is 4.85. The molecular formula is C11H15NO. The van der Waals surface area contributed by atoms with Crippen LogP contribution in [0.25, 0.3) is 0 Å². The zero-order valence-electron chi connectivity index (χ0n) is 7.66. The molecule has 2 nitrogen and oxygen atoms in total. The van der Waals surface area contributed by atoms with E-state index in [1.165, 1.54) is 24.0 Å². The van der Waals surface area contributed by atoms with Gasteiger partial charge in [0.1, 0.15) is 5.75 Å². The lowest BCUT2D eigenvalue weighted by Gasteiger charge is -2.12. The molecule has 0 aliphatic heterocycles. The molecule has 0 fully saturated rings. The van der Waals surface area contributed by atoms with Crippen molar-refractivity contribution < 1.29 is 5.11 Å². The summed E-state index contributed by atoms with van der Waals surface area (Å²) in [4.78, 5) is 0. The van der Waals surface area contributed by atoms with Crippen molar-refractivity contribution in [3.05, 3.63) is 29.3 Å². The third kappa shape index (κ3) is 1.68. The summed E-state index contributed by atoms with van der Waals surface area (Å²) in [6.07, 6.45) is 4.50. The molecular weight excluding hydrogens is 162 g/mol. The number of fused-ring (bicyclic) bond motifs is 1. The second kappa shape index (κ2) is 3.38. The molecule has 0 saturated heterocycles. The number of nitrogens with two attached hydrogens (primary N) is 1. The van der Waals surface area contributed by atoms with Crippen molar-refractivity contribution in [2.45, 2.75) is 31.7 Å². The second-order valence-corrected chi connectivity index (χ2v) is 3.74. The molecule has 1 aromatic rings. The van der Waals surface area contributed by atoms with Crippen LogP contribution in [0.5, 0.6) is 5.75 Å². The van der Waals surface area contributed by atoms with Gasteiger partial charge in [0.05, 0.1) is 0 Å². The quantitative estimate of drug-likeness (QED) is 0.596. The van der Waals surface area contributed by atoms with E-state index in [4.69, 9.17) is 5.73 Å². The fourth-order valence-corrected chi connectivity index (χ4v) is 2.01. The number of benzene rings is 1. The number of hydrogen-bond acceptors (Lipinski definition) is 2. The molecule has 1 atom stereocenters. The van der Waals surface area contributed by atoms with Crippen molar-refractivity contribution in [1.29, 1.82) is 0 Å². The summed E-state index contributed by atoms with van der Waals surface area (Å²) in [6.45, 7) is 0. The third-order valence-electron chi connectivity index (χ3n) is 2.74. The Hall–Kier alpha value is -1.02. The van der Waals surface area contributed by atoms with Gasteiger partial charge in [0.15, 0.2) is 0 Å². The summed E-state index contributed by atoms with van der Waals surface area (Å²) in [5.41, 5.74) is 8.46. The van der Waals surface area contributed by atoms with Crippen LogP contribution in [0.2, 0.25) is 0 Å². The molecule has 0 heterocycles. The average Bonchev–Trinajstić information content (AvgIpc) is 2.28. The van der Waals surface area contributed by atoms with Crippen LogP contribution in [0.3, 0.4) is 0 Å². The van der Waals surface area contributed by atoms with E-state index in [0.717, 1.165) is 12.8 Å². The minimum absolute atomic E-state index is 0.165. The maximum atomic E-state index is 9.33. The van der Waals surface area contributed by atoms with Crippen molar-refractivity contribution in [3.63, 3.8) is 0 Å². The molecule has 2 heteroatoms. The van der Waals surface area contributed by atoms with Gasteiger partial charge in [-0.3, -0.25) is 0 Å². The molecule has 2 rings (SSSR count). The maximum Gasteiger partial charge on any atom is 0.115 e. The molecule has 0 bridgehead atoms. The normalized spacial score (nSPS) is 22.1. The monoisotopic (exact) mass is 177 g/mol. The number of rotatable bonds is 0. The molecule has 13 heavy (non-hydrogen) atoms. The summed E-state index contributed by atoms with van der Waals surface area (Å²) in [7, 11) is 0. The molecule has 1 aromatic carbocycles. The molecule has 0 amide bonds. The average molecular weight is 177 g/mol. The van der Waals surface area contributed by atoms with Gasteiger partial charge in [-0.25, -0.2) is 0 Å². The van der Waals surface area contributed by atoms with Crippen molar-refractivity contribution in [3.8, 4) is 5.75 Å². The van der Waals surface area contributed by atoms with E-state index in [9.17, 15) is 5.11 Å². The highest BCUT2D eigenvalue weighted by molar-refractivity contribution is 5.37. The predicted molar refractivity (Wildman–Crippen MR) is 52.6 cm³/mol. The smallest absolute Gasteiger partial charge is 0.115 e. The van der Waals surface area contributed by atoms with Gasteiger partial charge in [-0.1, -0.05) is 12.5 Å². The van der Waals surface area contributed by atoms with Crippen LogP contribution in [0.1, 0.15) is 36.4 Å². The molecule has 0 spiro atoms. The van der Waals surface area contributed by atoms with E-state index < -0.39 is 0 Å². The van der Waals surface area contributed by atoms with Crippen molar-refractivity contribution in [1.82, 2.24) is 0 Å². The SMILES string of the molecule is NC1CCCCc2cc(O)ccc21. The maximum absolute atomic E-state index is 9.33. The Labute approximate surface area is 78.4 Å². The van der Waals surface area contributed by atoms with Gasteiger partial charge in [-0.05, 0) is 42.5 Å². The Bertz CT molecular complexity index is 309. The fraction of sp³-hybridized carbons (Fsp3) is 0.455. The van der Waals surface area contributed by atoms with E-state index in [1.54, 1.807) is 6.07 Å². The van der Waals surface area contributed by atoms with Gasteiger partial charge in [0.25, 0.3) is 0 Å². The van der Waals surface area contributed by atoms with E-state index >= 15 is 0 Å². The fourth-order valence-electron chi connectivity index (χ4n) is 2.01. The van der Waals surface area contributed by atoms with Gasteiger partial charge in [-0.15, -0.1) is 0 Å². The van der Waals surface area contributed by atoms with Gasteiger partial charge in [0.2, 0.25) is 0 Å². The zero-order valence-corrected chi connectivity index (χ0v) is 7.66. The van der Waals surface area contributed by atoms with E-state index in [-0.39, 0.29) is 6.04 Å². The first kappa shape index (κ1) is 8.57. The number of hydrogen-bond donors (Lipinski definition) is 2. The molecule has 1 aliphatic rings. The van der Waals surface area contributed by atoms with Gasteiger partial charge < -0.3 is 10.8 Å². The van der Waals surface area contributed by atoms with E-state index in [2.05, 4.69) is 0 Å². The molecule has 0 saturated carbocycles. The van der Waals surface area contributed by atoms with Crippen LogP contribution < -0.4 is 5.73 Å². The summed E-state index contributed by atoms with van der Waals surface area (Å²) in [5, 5.41) is 9.33. The number of aryl methyl sites for hydroxylation is 1. The van der Waals surface area contributed by atoms with Crippen LogP contribution in [-0.2, 0) is 6.42 Å². The third-order valence-corrected chi connectivity index (χ3v) is 2.74. The Morgan fingerprint density at radius 3 is 3.00 bits per heavy atom. The Morgan fingerprint density at radius 2 is 2.15 bits per heavy atom. The highest BCUT2D eigenvalue weighted by atomic mass is 16.3. The van der Waals surface area contributed by atoms with E-state index in [1.807, 2.05) is 12.1 Å². The molecule has 70 valence electrons. The number of aromatic hydroxyl groups is 1. The summed E-state index contributed by atoms with van der Waals surface area (Å²) < 4.78 is 0. The summed E-state index contributed by atoms with van der Waals surface area (Å²) in [6, 6.07) is 5.70. The van der Waals surface area contributed by atoms with Crippen molar-refractivity contribution in [2.75, 3.05) is 0 Å². The zero-order chi connectivity index (χ0) is 9.26. The minimum atomic E-state index is 0.165. The predicted octanol–water partition coefficient (Wildman–Crippen LogP) is 2.12. The molecule has 0 aromatic heterocycles. The largest absolute Gasteiger partial charge is 0.508 e. The summed E-state index contributed by atoms with van der Waals surface area (Å²) >= 11 is 0. The van der Waals surface area contributed by atoms with Gasteiger partial charge >= 0.3 is 0 Å². The molecule has 3 N–H and O–H groups in total. The van der Waals surface area contributed by atoms with E-state index in [0.29, 0.717) is 5.75 Å². The standard InChI is InChI=1S/C11H15NO/c12-11-4-2-1-3-8-7-9(13)5-6-10(8)11/h5-7,11,13H,1-4,12H2. The van der Waals surface area contributed by atoms with Gasteiger partial charge in [0, 0.05) is 6.04 Å². The lowest BCUT2D eigenvalue weighted by atomic mass is 9.99. The van der Waals surface area contributed by atoms with Crippen LogP contribution >= 0.6 is 0 Å². The highest BCUT2D eigenvalue weighted by Crippen LogP contribution is 2.29. The molecule has 0 radical (unpaired) electrons. The Morgan fingerprint density at radius 1 is 1.31 bits per heavy atom. The van der Waals surface area contributed by atoms with Crippen LogP contribution in [0.4, 0.5) is 0 Å². The second-order valence-electron chi connectivity index (χ2n) is 3.74. The molecule has 1 unspecified atom stereocenters. The van der Waals surface area contributed by atoms with Crippen LogP contribution in [-0.4, -0.2) is 5.11 Å². The summed E-state index contributed by atoms with van der Waals surface area (Å²) in [5.74, 6) is 0.354. The van der Waals surface area contributed by atoms with Crippen LogP contribution in [0.15, 0.2) is 18.2 Å². The number of phenols is 1. The van der Waals surface area contributed by atoms with Crippen LogP contribution in [0, 0.1) is 0 Å². The Balaban J connectivity index is 2.42. The first-order chi connectivity index (χ1) is 6.27. The first-order valence-electron chi connectivity index (χ1n) is 4.85. The Kier molecular flexibility index (Phi) is 2.23. The lowest BCUT2D eigenvalue weighted by molar-refractivity contribution is 0.474. The topological polar surface area (TPSA) is 46.2 Å². The highest BCUT2D eigenvalue weighted by Gasteiger charge is 2.14.